The van der Waals surface area contributed by atoms with E-state index in [9.17, 15) is 13.2 Å². The molecular weight excluding hydrogens is 338 g/mol. The van der Waals surface area contributed by atoms with Crippen molar-refractivity contribution in [3.05, 3.63) is 54.1 Å². The maximum atomic E-state index is 12.3. The van der Waals surface area contributed by atoms with E-state index in [1.165, 1.54) is 51.2 Å². The summed E-state index contributed by atoms with van der Waals surface area (Å²) in [5.74, 6) is -0.281. The van der Waals surface area contributed by atoms with E-state index in [-0.39, 0.29) is 10.8 Å². The minimum atomic E-state index is -3.49. The second kappa shape index (κ2) is 6.85. The number of sulfonamides is 1. The summed E-state index contributed by atoms with van der Waals surface area (Å²) in [6, 6.07) is 14.0. The Bertz CT molecular complexity index is 855. The van der Waals surface area contributed by atoms with Crippen molar-refractivity contribution in [2.75, 3.05) is 24.7 Å². The lowest BCUT2D eigenvalue weighted by Gasteiger charge is -2.12. The monoisotopic (exact) mass is 359 g/mol. The maximum Gasteiger partial charge on any atom is 0.255 e. The Kier molecular flexibility index (Phi) is 4.78. The van der Waals surface area contributed by atoms with Crippen LogP contribution in [0, 0.1) is 0 Å². The second-order valence-corrected chi connectivity index (χ2v) is 8.41. The highest BCUT2D eigenvalue weighted by Gasteiger charge is 2.20. The van der Waals surface area contributed by atoms with E-state index >= 15 is 0 Å². The van der Waals surface area contributed by atoms with Crippen LogP contribution in [-0.4, -0.2) is 38.8 Å². The fraction of sp³-hybridized carbons (Fsp3) is 0.278. The third-order valence-corrected chi connectivity index (χ3v) is 5.82. The van der Waals surface area contributed by atoms with Crippen LogP contribution < -0.4 is 10.6 Å². The van der Waals surface area contributed by atoms with Gasteiger partial charge in [0.1, 0.15) is 0 Å². The van der Waals surface area contributed by atoms with Crippen molar-refractivity contribution in [1.82, 2.24) is 4.31 Å². The van der Waals surface area contributed by atoms with Gasteiger partial charge >= 0.3 is 0 Å². The van der Waals surface area contributed by atoms with Gasteiger partial charge in [0, 0.05) is 37.1 Å². The third-order valence-electron chi connectivity index (χ3n) is 3.99. The van der Waals surface area contributed by atoms with Gasteiger partial charge in [0.15, 0.2) is 0 Å². The molecule has 25 heavy (non-hydrogen) atoms. The van der Waals surface area contributed by atoms with Crippen molar-refractivity contribution >= 4 is 27.3 Å². The van der Waals surface area contributed by atoms with Crippen molar-refractivity contribution < 1.29 is 13.2 Å². The van der Waals surface area contributed by atoms with Gasteiger partial charge in [0.05, 0.1) is 4.90 Å². The van der Waals surface area contributed by atoms with Crippen LogP contribution in [0.25, 0.3) is 0 Å². The topological polar surface area (TPSA) is 78.5 Å². The molecule has 7 heteroatoms. The molecule has 2 aromatic rings. The quantitative estimate of drug-likeness (QED) is 0.831. The summed E-state index contributed by atoms with van der Waals surface area (Å²) in [5, 5.41) is 6.19. The van der Waals surface area contributed by atoms with Gasteiger partial charge in [-0.3, -0.25) is 4.79 Å². The molecule has 0 atom stereocenters. The fourth-order valence-corrected chi connectivity index (χ4v) is 3.21. The zero-order valence-corrected chi connectivity index (χ0v) is 15.0. The molecule has 3 rings (SSSR count). The highest BCUT2D eigenvalue weighted by atomic mass is 32.2. The molecule has 0 heterocycles. The molecule has 1 amide bonds. The van der Waals surface area contributed by atoms with Crippen LogP contribution >= 0.6 is 0 Å². The van der Waals surface area contributed by atoms with Gasteiger partial charge in [-0.2, -0.15) is 0 Å². The summed E-state index contributed by atoms with van der Waals surface area (Å²) in [7, 11) is -0.553. The number of hydrogen-bond acceptors (Lipinski definition) is 4. The molecule has 0 unspecified atom stereocenters. The van der Waals surface area contributed by atoms with Gasteiger partial charge in [-0.1, -0.05) is 0 Å². The van der Waals surface area contributed by atoms with E-state index in [4.69, 9.17) is 0 Å². The Hall–Kier alpha value is -2.38. The number of hydrogen-bond donors (Lipinski definition) is 2. The number of nitrogens with one attached hydrogen (secondary N) is 2. The molecule has 0 bridgehead atoms. The average Bonchev–Trinajstić information content (AvgIpc) is 3.40. The Balaban J connectivity index is 1.66. The van der Waals surface area contributed by atoms with Gasteiger partial charge in [-0.25, -0.2) is 12.7 Å². The van der Waals surface area contributed by atoms with Gasteiger partial charge in [0.2, 0.25) is 10.0 Å². The highest BCUT2D eigenvalue weighted by Crippen LogP contribution is 2.25. The number of anilines is 2. The second-order valence-electron chi connectivity index (χ2n) is 6.26. The lowest BCUT2D eigenvalue weighted by atomic mass is 10.2. The van der Waals surface area contributed by atoms with E-state index in [0.717, 1.165) is 9.99 Å². The van der Waals surface area contributed by atoms with E-state index in [2.05, 4.69) is 10.6 Å². The maximum absolute atomic E-state index is 12.3. The van der Waals surface area contributed by atoms with Gasteiger partial charge in [-0.05, 0) is 61.4 Å². The van der Waals surface area contributed by atoms with Crippen molar-refractivity contribution in [2.24, 2.45) is 0 Å². The lowest BCUT2D eigenvalue weighted by Crippen LogP contribution is -2.22. The Morgan fingerprint density at radius 2 is 1.52 bits per heavy atom. The summed E-state index contributed by atoms with van der Waals surface area (Å²) in [6.07, 6.45) is 2.41. The smallest absolute Gasteiger partial charge is 0.255 e. The summed E-state index contributed by atoms with van der Waals surface area (Å²) < 4.78 is 25.2. The van der Waals surface area contributed by atoms with E-state index in [1.54, 1.807) is 0 Å². The molecule has 6 nitrogen and oxygen atoms in total. The van der Waals surface area contributed by atoms with Crippen LogP contribution in [0.1, 0.15) is 23.2 Å². The zero-order valence-electron chi connectivity index (χ0n) is 14.2. The molecular formula is C18H21N3O3S. The van der Waals surface area contributed by atoms with Crippen molar-refractivity contribution in [3.8, 4) is 0 Å². The Morgan fingerprint density at radius 1 is 0.960 bits per heavy atom. The van der Waals surface area contributed by atoms with E-state index in [1.807, 2.05) is 24.3 Å². The standard InChI is InChI=1S/C18H21N3O3S/c1-21(2)25(23,24)17-11-3-13(4-12-17)18(22)20-16-9-7-15(8-10-16)19-14-5-6-14/h3-4,7-12,14,19H,5-6H2,1-2H3,(H,20,22). The molecule has 2 aromatic carbocycles. The minimum absolute atomic E-state index is 0.157. The minimum Gasteiger partial charge on any atom is -0.382 e. The first kappa shape index (κ1) is 17.4. The number of benzene rings is 2. The van der Waals surface area contributed by atoms with Gasteiger partial charge in [-0.15, -0.1) is 0 Å². The molecule has 0 radical (unpaired) electrons. The first-order chi connectivity index (χ1) is 11.9. The number of carbonyl (C=O) groups excluding carboxylic acids is 1. The molecule has 0 aromatic heterocycles. The van der Waals surface area contributed by atoms with Crippen molar-refractivity contribution in [3.63, 3.8) is 0 Å². The van der Waals surface area contributed by atoms with E-state index in [0.29, 0.717) is 17.3 Å². The first-order valence-corrected chi connectivity index (χ1v) is 9.51. The summed E-state index contributed by atoms with van der Waals surface area (Å²) in [5.41, 5.74) is 2.13. The molecule has 1 saturated carbocycles. The van der Waals surface area contributed by atoms with Gasteiger partial charge in [0.25, 0.3) is 5.91 Å². The Morgan fingerprint density at radius 3 is 2.04 bits per heavy atom. The predicted molar refractivity (Wildman–Crippen MR) is 98.4 cm³/mol. The summed E-state index contributed by atoms with van der Waals surface area (Å²) in [6.45, 7) is 0. The first-order valence-electron chi connectivity index (χ1n) is 8.07. The SMILES string of the molecule is CN(C)S(=O)(=O)c1ccc(C(=O)Nc2ccc(NC3CC3)cc2)cc1. The molecule has 132 valence electrons. The highest BCUT2D eigenvalue weighted by molar-refractivity contribution is 7.89. The number of amides is 1. The van der Waals surface area contributed by atoms with Crippen molar-refractivity contribution in [2.45, 2.75) is 23.8 Å². The number of carbonyl (C=O) groups is 1. The van der Waals surface area contributed by atoms with Crippen LogP contribution in [0.2, 0.25) is 0 Å². The van der Waals surface area contributed by atoms with E-state index < -0.39 is 10.0 Å². The fourth-order valence-electron chi connectivity index (χ4n) is 2.31. The molecule has 1 fully saturated rings. The largest absolute Gasteiger partial charge is 0.382 e. The van der Waals surface area contributed by atoms with Crippen LogP contribution in [0.15, 0.2) is 53.4 Å². The Labute approximate surface area is 147 Å². The lowest BCUT2D eigenvalue weighted by molar-refractivity contribution is 0.102. The summed E-state index contributed by atoms with van der Waals surface area (Å²) >= 11 is 0. The molecule has 0 spiro atoms. The van der Waals surface area contributed by atoms with Crippen LogP contribution in [-0.2, 0) is 10.0 Å². The van der Waals surface area contributed by atoms with Crippen LogP contribution in [0.4, 0.5) is 11.4 Å². The number of rotatable bonds is 6. The number of nitrogens with zero attached hydrogens (tertiary/aromatic N) is 1. The average molecular weight is 359 g/mol. The third kappa shape index (κ3) is 4.18. The normalized spacial score (nSPS) is 14.4. The summed E-state index contributed by atoms with van der Waals surface area (Å²) in [4.78, 5) is 12.5. The molecule has 2 N–H and O–H groups in total. The van der Waals surface area contributed by atoms with Crippen LogP contribution in [0.3, 0.4) is 0 Å². The molecule has 0 saturated heterocycles. The van der Waals surface area contributed by atoms with Gasteiger partial charge < -0.3 is 10.6 Å². The zero-order chi connectivity index (χ0) is 18.0. The predicted octanol–water partition coefficient (Wildman–Crippen LogP) is 2.76. The van der Waals surface area contributed by atoms with Crippen LogP contribution in [0.5, 0.6) is 0 Å². The van der Waals surface area contributed by atoms with Crippen molar-refractivity contribution in [1.29, 1.82) is 0 Å². The molecule has 0 aliphatic heterocycles. The molecule has 1 aliphatic carbocycles. The molecule has 1 aliphatic rings.